The Balaban J connectivity index is 2.37. The maximum Gasteiger partial charge on any atom is 0.223 e. The normalized spacial score (nSPS) is 24.4. The Kier molecular flexibility index (Phi) is 4.83. The first kappa shape index (κ1) is 14.4. The molecule has 1 aliphatic heterocycles. The van der Waals surface area contributed by atoms with Crippen LogP contribution in [0.3, 0.4) is 0 Å². The zero-order valence-electron chi connectivity index (χ0n) is 11.3. The third-order valence-corrected chi connectivity index (χ3v) is 3.88. The Hall–Kier alpha value is -1.06. The second-order valence-electron chi connectivity index (χ2n) is 5.14. The summed E-state index contributed by atoms with van der Waals surface area (Å²) in [5, 5.41) is 0.692. The van der Waals surface area contributed by atoms with E-state index in [1.54, 1.807) is 0 Å². The first-order valence-corrected chi connectivity index (χ1v) is 7.31. The Morgan fingerprint density at radius 1 is 1.47 bits per heavy atom. The van der Waals surface area contributed by atoms with Gasteiger partial charge in [0.25, 0.3) is 0 Å². The summed E-state index contributed by atoms with van der Waals surface area (Å²) < 4.78 is 0. The van der Waals surface area contributed by atoms with Crippen LogP contribution in [-0.4, -0.2) is 23.4 Å². The fourth-order valence-corrected chi connectivity index (χ4v) is 3.00. The molecule has 1 heterocycles. The number of carbonyl (C=O) groups excluding carboxylic acids is 1. The average molecular weight is 281 g/mol. The minimum atomic E-state index is -0.0475. The lowest BCUT2D eigenvalue weighted by molar-refractivity contribution is -0.133. The molecule has 104 valence electrons. The number of hydrogen-bond donors (Lipinski definition) is 1. The molecular formula is C15H21ClN2O. The van der Waals surface area contributed by atoms with Crippen molar-refractivity contribution in [1.29, 1.82) is 0 Å². The van der Waals surface area contributed by atoms with Crippen LogP contribution in [0.2, 0.25) is 5.02 Å². The maximum absolute atomic E-state index is 12.3. The molecule has 1 aliphatic rings. The van der Waals surface area contributed by atoms with Crippen LogP contribution >= 0.6 is 11.6 Å². The molecule has 4 heteroatoms. The van der Waals surface area contributed by atoms with Crippen molar-refractivity contribution in [2.75, 3.05) is 6.54 Å². The van der Waals surface area contributed by atoms with E-state index in [2.05, 4.69) is 6.92 Å². The lowest BCUT2D eigenvalue weighted by Gasteiger charge is -2.34. The molecule has 1 saturated heterocycles. The number of amides is 1. The number of hydrogen-bond acceptors (Lipinski definition) is 2. The molecule has 0 bridgehead atoms. The van der Waals surface area contributed by atoms with Crippen molar-refractivity contribution in [2.24, 2.45) is 5.73 Å². The third-order valence-electron chi connectivity index (χ3n) is 3.64. The summed E-state index contributed by atoms with van der Waals surface area (Å²) in [7, 11) is 0. The average Bonchev–Trinajstić information content (AvgIpc) is 2.50. The van der Waals surface area contributed by atoms with Crippen LogP contribution in [0.4, 0.5) is 0 Å². The van der Waals surface area contributed by atoms with Gasteiger partial charge in [-0.05, 0) is 37.0 Å². The van der Waals surface area contributed by atoms with Crippen LogP contribution in [0.5, 0.6) is 0 Å². The maximum atomic E-state index is 12.3. The Morgan fingerprint density at radius 2 is 2.26 bits per heavy atom. The van der Waals surface area contributed by atoms with Gasteiger partial charge in [0.2, 0.25) is 5.91 Å². The van der Waals surface area contributed by atoms with Crippen molar-refractivity contribution >= 4 is 17.5 Å². The summed E-state index contributed by atoms with van der Waals surface area (Å²) in [6.45, 7) is 2.84. The van der Waals surface area contributed by atoms with E-state index in [4.69, 9.17) is 17.3 Å². The summed E-state index contributed by atoms with van der Waals surface area (Å²) in [5.74, 6) is 0.208. The highest BCUT2D eigenvalue weighted by Crippen LogP contribution is 2.31. The Labute approximate surface area is 119 Å². The number of nitrogens with two attached hydrogens (primary N) is 1. The molecule has 2 atom stereocenters. The van der Waals surface area contributed by atoms with E-state index in [0.29, 0.717) is 11.4 Å². The van der Waals surface area contributed by atoms with Crippen molar-refractivity contribution in [2.45, 2.75) is 44.7 Å². The van der Waals surface area contributed by atoms with E-state index in [-0.39, 0.29) is 18.0 Å². The van der Waals surface area contributed by atoms with E-state index in [9.17, 15) is 4.79 Å². The molecule has 1 aromatic rings. The first-order valence-electron chi connectivity index (χ1n) is 6.94. The zero-order valence-corrected chi connectivity index (χ0v) is 12.1. The van der Waals surface area contributed by atoms with Crippen LogP contribution in [0, 0.1) is 0 Å². The minimum absolute atomic E-state index is 0.0172. The highest BCUT2D eigenvalue weighted by Gasteiger charge is 2.32. The van der Waals surface area contributed by atoms with Gasteiger partial charge in [0.1, 0.15) is 0 Å². The molecule has 0 aliphatic carbocycles. The van der Waals surface area contributed by atoms with Crippen molar-refractivity contribution in [3.05, 3.63) is 34.9 Å². The molecular weight excluding hydrogens is 260 g/mol. The predicted molar refractivity (Wildman–Crippen MR) is 78.0 cm³/mol. The highest BCUT2D eigenvalue weighted by atomic mass is 35.5. The fourth-order valence-electron chi connectivity index (χ4n) is 2.80. The molecule has 1 aromatic carbocycles. The summed E-state index contributed by atoms with van der Waals surface area (Å²) in [6.07, 6.45) is 3.29. The van der Waals surface area contributed by atoms with E-state index in [0.717, 1.165) is 31.4 Å². The van der Waals surface area contributed by atoms with Gasteiger partial charge in [-0.1, -0.05) is 30.7 Å². The summed E-state index contributed by atoms with van der Waals surface area (Å²) in [4.78, 5) is 14.2. The van der Waals surface area contributed by atoms with E-state index in [1.165, 1.54) is 0 Å². The summed E-state index contributed by atoms with van der Waals surface area (Å²) in [5.41, 5.74) is 7.35. The van der Waals surface area contributed by atoms with Crippen LogP contribution in [0.1, 0.15) is 44.2 Å². The summed E-state index contributed by atoms with van der Waals surface area (Å²) >= 11 is 6.07. The second-order valence-corrected chi connectivity index (χ2v) is 5.58. The SMILES string of the molecule is CCCN1C(=O)CCCC(N)C1c1cccc(Cl)c1. The van der Waals surface area contributed by atoms with Crippen LogP contribution in [0.15, 0.2) is 24.3 Å². The van der Waals surface area contributed by atoms with Gasteiger partial charge in [-0.25, -0.2) is 0 Å². The lowest BCUT2D eigenvalue weighted by Crippen LogP contribution is -2.42. The van der Waals surface area contributed by atoms with E-state index in [1.807, 2.05) is 29.2 Å². The highest BCUT2D eigenvalue weighted by molar-refractivity contribution is 6.30. The molecule has 0 aromatic heterocycles. The molecule has 2 rings (SSSR count). The van der Waals surface area contributed by atoms with Gasteiger partial charge in [0.15, 0.2) is 0 Å². The van der Waals surface area contributed by atoms with Crippen LogP contribution < -0.4 is 5.73 Å². The smallest absolute Gasteiger partial charge is 0.223 e. The largest absolute Gasteiger partial charge is 0.334 e. The number of benzene rings is 1. The lowest BCUT2D eigenvalue weighted by atomic mass is 9.96. The van der Waals surface area contributed by atoms with Crippen molar-refractivity contribution < 1.29 is 4.79 Å². The third kappa shape index (κ3) is 3.28. The van der Waals surface area contributed by atoms with Gasteiger partial charge < -0.3 is 10.6 Å². The minimum Gasteiger partial charge on any atom is -0.334 e. The van der Waals surface area contributed by atoms with Gasteiger partial charge in [0.05, 0.1) is 6.04 Å². The number of halogens is 1. The molecule has 1 amide bonds. The monoisotopic (exact) mass is 280 g/mol. The van der Waals surface area contributed by atoms with Crippen molar-refractivity contribution in [1.82, 2.24) is 4.90 Å². The van der Waals surface area contributed by atoms with Crippen molar-refractivity contribution in [3.8, 4) is 0 Å². The van der Waals surface area contributed by atoms with Crippen LogP contribution in [0.25, 0.3) is 0 Å². The predicted octanol–water partition coefficient (Wildman–Crippen LogP) is 3.13. The number of rotatable bonds is 3. The first-order chi connectivity index (χ1) is 9.13. The molecule has 19 heavy (non-hydrogen) atoms. The number of likely N-dealkylation sites (tertiary alicyclic amines) is 1. The van der Waals surface area contributed by atoms with E-state index < -0.39 is 0 Å². The zero-order chi connectivity index (χ0) is 13.8. The van der Waals surface area contributed by atoms with Gasteiger partial charge >= 0.3 is 0 Å². The van der Waals surface area contributed by atoms with Gasteiger partial charge in [-0.2, -0.15) is 0 Å². The standard InChI is InChI=1S/C15H21ClN2O/c1-2-9-18-14(19)8-4-7-13(17)15(18)11-5-3-6-12(16)10-11/h3,5-6,10,13,15H,2,4,7-9,17H2,1H3. The molecule has 0 saturated carbocycles. The molecule has 0 radical (unpaired) electrons. The molecule has 1 fully saturated rings. The van der Waals surface area contributed by atoms with Gasteiger partial charge in [-0.3, -0.25) is 4.79 Å². The molecule has 2 N–H and O–H groups in total. The van der Waals surface area contributed by atoms with Crippen LogP contribution in [-0.2, 0) is 4.79 Å². The van der Waals surface area contributed by atoms with Crippen molar-refractivity contribution in [3.63, 3.8) is 0 Å². The van der Waals surface area contributed by atoms with Gasteiger partial charge in [0, 0.05) is 24.0 Å². The van der Waals surface area contributed by atoms with E-state index >= 15 is 0 Å². The molecule has 0 spiro atoms. The number of nitrogens with zero attached hydrogens (tertiary/aromatic N) is 1. The molecule has 2 unspecified atom stereocenters. The van der Waals surface area contributed by atoms with Gasteiger partial charge in [-0.15, -0.1) is 0 Å². The summed E-state index contributed by atoms with van der Waals surface area (Å²) in [6, 6.07) is 7.64. The quantitative estimate of drug-likeness (QED) is 0.925. The Morgan fingerprint density at radius 3 is 2.95 bits per heavy atom. The Bertz CT molecular complexity index is 450. The molecule has 3 nitrogen and oxygen atoms in total. The second kappa shape index (κ2) is 6.40. The fraction of sp³-hybridized carbons (Fsp3) is 0.533. The topological polar surface area (TPSA) is 46.3 Å². The number of carbonyl (C=O) groups is 1.